The van der Waals surface area contributed by atoms with Crippen LogP contribution in [0.4, 0.5) is 0 Å². The van der Waals surface area contributed by atoms with Crippen LogP contribution in [0.15, 0.2) is 4.52 Å². The SMILES string of the molecule is CC(C)c1noc(CNC(=O)CN(C)[C@@H]2CCS(=O)(=O)C2)n1. The van der Waals surface area contributed by atoms with E-state index in [0.717, 1.165) is 0 Å². The maximum atomic E-state index is 11.9. The van der Waals surface area contributed by atoms with Crippen molar-refractivity contribution in [1.82, 2.24) is 20.4 Å². The van der Waals surface area contributed by atoms with E-state index in [-0.39, 0.29) is 42.5 Å². The van der Waals surface area contributed by atoms with E-state index >= 15 is 0 Å². The summed E-state index contributed by atoms with van der Waals surface area (Å²) in [7, 11) is -1.19. The summed E-state index contributed by atoms with van der Waals surface area (Å²) in [5.74, 6) is 1.27. The van der Waals surface area contributed by atoms with E-state index in [1.54, 1.807) is 11.9 Å². The van der Waals surface area contributed by atoms with Gasteiger partial charge in [0, 0.05) is 12.0 Å². The molecule has 1 aliphatic rings. The summed E-state index contributed by atoms with van der Waals surface area (Å²) in [5, 5.41) is 6.52. The lowest BCUT2D eigenvalue weighted by Gasteiger charge is -2.21. The summed E-state index contributed by atoms with van der Waals surface area (Å²) >= 11 is 0. The van der Waals surface area contributed by atoms with Crippen LogP contribution >= 0.6 is 0 Å². The number of hydrogen-bond acceptors (Lipinski definition) is 7. The third-order valence-electron chi connectivity index (χ3n) is 3.66. The second-order valence-corrected chi connectivity index (χ2v) is 8.18. The molecule has 2 rings (SSSR count). The van der Waals surface area contributed by atoms with E-state index in [1.165, 1.54) is 0 Å². The Morgan fingerprint density at radius 1 is 1.50 bits per heavy atom. The van der Waals surface area contributed by atoms with Crippen LogP contribution in [0.2, 0.25) is 0 Å². The van der Waals surface area contributed by atoms with Gasteiger partial charge < -0.3 is 9.84 Å². The summed E-state index contributed by atoms with van der Waals surface area (Å²) in [4.78, 5) is 17.8. The molecular weight excluding hydrogens is 308 g/mol. The molecule has 22 heavy (non-hydrogen) atoms. The maximum Gasteiger partial charge on any atom is 0.246 e. The molecular formula is C13H22N4O4S. The minimum atomic E-state index is -2.94. The number of sulfone groups is 1. The summed E-state index contributed by atoms with van der Waals surface area (Å²) in [6, 6.07) is -0.0910. The zero-order valence-corrected chi connectivity index (χ0v) is 13.9. The summed E-state index contributed by atoms with van der Waals surface area (Å²) in [5.41, 5.74) is 0. The van der Waals surface area contributed by atoms with Gasteiger partial charge in [-0.25, -0.2) is 8.42 Å². The first kappa shape index (κ1) is 16.9. The Morgan fingerprint density at radius 3 is 2.77 bits per heavy atom. The number of carbonyl (C=O) groups is 1. The number of carbonyl (C=O) groups excluding carboxylic acids is 1. The van der Waals surface area contributed by atoms with Crippen LogP contribution in [0, 0.1) is 0 Å². The Kier molecular flexibility index (Phi) is 5.17. The fraction of sp³-hybridized carbons (Fsp3) is 0.769. The average Bonchev–Trinajstić information content (AvgIpc) is 3.02. The summed E-state index contributed by atoms with van der Waals surface area (Å²) < 4.78 is 27.9. The van der Waals surface area contributed by atoms with Gasteiger partial charge in [-0.05, 0) is 13.5 Å². The lowest BCUT2D eigenvalue weighted by atomic mass is 10.2. The van der Waals surface area contributed by atoms with Crippen molar-refractivity contribution >= 4 is 15.7 Å². The van der Waals surface area contributed by atoms with E-state index < -0.39 is 9.84 Å². The molecule has 1 fully saturated rings. The first-order valence-corrected chi connectivity index (χ1v) is 9.09. The van der Waals surface area contributed by atoms with Gasteiger partial charge in [-0.2, -0.15) is 4.98 Å². The maximum absolute atomic E-state index is 11.9. The first-order chi connectivity index (χ1) is 10.3. The van der Waals surface area contributed by atoms with Crippen LogP contribution < -0.4 is 5.32 Å². The highest BCUT2D eigenvalue weighted by molar-refractivity contribution is 7.91. The molecule has 124 valence electrons. The smallest absolute Gasteiger partial charge is 0.246 e. The largest absolute Gasteiger partial charge is 0.346 e. The Morgan fingerprint density at radius 2 is 2.23 bits per heavy atom. The minimum absolute atomic E-state index is 0.0910. The second-order valence-electron chi connectivity index (χ2n) is 5.95. The topological polar surface area (TPSA) is 105 Å². The Bertz CT molecular complexity index is 626. The van der Waals surface area contributed by atoms with Crippen molar-refractivity contribution in [3.63, 3.8) is 0 Å². The fourth-order valence-corrected chi connectivity index (χ4v) is 4.09. The van der Waals surface area contributed by atoms with Gasteiger partial charge in [-0.15, -0.1) is 0 Å². The molecule has 0 bridgehead atoms. The van der Waals surface area contributed by atoms with Crippen molar-refractivity contribution in [3.05, 3.63) is 11.7 Å². The van der Waals surface area contributed by atoms with Gasteiger partial charge in [0.05, 0.1) is 24.6 Å². The number of rotatable bonds is 6. The van der Waals surface area contributed by atoms with Gasteiger partial charge in [0.25, 0.3) is 0 Å². The molecule has 0 aliphatic carbocycles. The van der Waals surface area contributed by atoms with Gasteiger partial charge in [-0.1, -0.05) is 19.0 Å². The van der Waals surface area contributed by atoms with Crippen LogP contribution in [0.1, 0.15) is 37.9 Å². The highest BCUT2D eigenvalue weighted by Crippen LogP contribution is 2.16. The van der Waals surface area contributed by atoms with Crippen LogP contribution in [0.3, 0.4) is 0 Å². The molecule has 1 amide bonds. The molecule has 2 heterocycles. The molecule has 0 aromatic carbocycles. The summed E-state index contributed by atoms with van der Waals surface area (Å²) in [6.07, 6.45) is 0.577. The standard InChI is InChI=1S/C13H22N4O4S/c1-9(2)13-15-12(21-16-13)6-14-11(18)7-17(3)10-4-5-22(19,20)8-10/h9-10H,4-8H2,1-3H3,(H,14,18)/t10-/m1/s1. The number of hydrogen-bond donors (Lipinski definition) is 1. The molecule has 1 aromatic rings. The molecule has 9 heteroatoms. The molecule has 0 saturated carbocycles. The molecule has 0 unspecified atom stereocenters. The van der Waals surface area contributed by atoms with E-state index in [4.69, 9.17) is 4.52 Å². The van der Waals surface area contributed by atoms with Crippen LogP contribution in [-0.4, -0.2) is 60.5 Å². The Balaban J connectivity index is 1.77. The Hall–Kier alpha value is -1.48. The highest BCUT2D eigenvalue weighted by atomic mass is 32.2. The number of amides is 1. The predicted octanol–water partition coefficient (Wildman–Crippen LogP) is -0.0719. The Labute approximate surface area is 130 Å². The van der Waals surface area contributed by atoms with Gasteiger partial charge in [0.1, 0.15) is 0 Å². The highest BCUT2D eigenvalue weighted by Gasteiger charge is 2.31. The van der Waals surface area contributed by atoms with Crippen LogP contribution in [0.5, 0.6) is 0 Å². The van der Waals surface area contributed by atoms with E-state index in [1.807, 2.05) is 13.8 Å². The van der Waals surface area contributed by atoms with Gasteiger partial charge >= 0.3 is 0 Å². The molecule has 0 radical (unpaired) electrons. The predicted molar refractivity (Wildman–Crippen MR) is 79.9 cm³/mol. The normalized spacial score (nSPS) is 20.7. The second kappa shape index (κ2) is 6.74. The lowest BCUT2D eigenvalue weighted by molar-refractivity contribution is -0.122. The number of nitrogens with zero attached hydrogens (tertiary/aromatic N) is 3. The third kappa shape index (κ3) is 4.51. The van der Waals surface area contributed by atoms with Crippen LogP contribution in [0.25, 0.3) is 0 Å². The summed E-state index contributed by atoms with van der Waals surface area (Å²) in [6.45, 7) is 4.23. The van der Waals surface area contributed by atoms with Crippen molar-refractivity contribution in [2.75, 3.05) is 25.1 Å². The average molecular weight is 330 g/mol. The van der Waals surface area contributed by atoms with E-state index in [9.17, 15) is 13.2 Å². The fourth-order valence-electron chi connectivity index (χ4n) is 2.28. The quantitative estimate of drug-likeness (QED) is 0.778. The van der Waals surface area contributed by atoms with Gasteiger partial charge in [0.15, 0.2) is 15.7 Å². The monoisotopic (exact) mass is 330 g/mol. The van der Waals surface area contributed by atoms with Crippen molar-refractivity contribution < 1.29 is 17.7 Å². The van der Waals surface area contributed by atoms with Crippen molar-refractivity contribution in [2.45, 2.75) is 38.8 Å². The zero-order valence-electron chi connectivity index (χ0n) is 13.1. The van der Waals surface area contributed by atoms with E-state index in [0.29, 0.717) is 18.1 Å². The van der Waals surface area contributed by atoms with Crippen LogP contribution in [-0.2, 0) is 21.2 Å². The van der Waals surface area contributed by atoms with E-state index in [2.05, 4.69) is 15.5 Å². The molecule has 1 saturated heterocycles. The molecule has 1 aliphatic heterocycles. The van der Waals surface area contributed by atoms with Gasteiger partial charge in [0.2, 0.25) is 11.8 Å². The first-order valence-electron chi connectivity index (χ1n) is 7.26. The van der Waals surface area contributed by atoms with Crippen molar-refractivity contribution in [1.29, 1.82) is 0 Å². The van der Waals surface area contributed by atoms with Crippen molar-refractivity contribution in [2.24, 2.45) is 0 Å². The zero-order chi connectivity index (χ0) is 16.3. The molecule has 1 atom stereocenters. The molecule has 0 spiro atoms. The lowest BCUT2D eigenvalue weighted by Crippen LogP contribution is -2.41. The number of aromatic nitrogens is 2. The molecule has 1 N–H and O–H groups in total. The molecule has 8 nitrogen and oxygen atoms in total. The third-order valence-corrected chi connectivity index (χ3v) is 5.41. The number of nitrogens with one attached hydrogen (secondary N) is 1. The van der Waals surface area contributed by atoms with Crippen molar-refractivity contribution in [3.8, 4) is 0 Å². The molecule has 1 aromatic heterocycles. The number of likely N-dealkylation sites (N-methyl/N-ethyl adjacent to an activating group) is 1. The minimum Gasteiger partial charge on any atom is -0.346 e. The van der Waals surface area contributed by atoms with Gasteiger partial charge in [-0.3, -0.25) is 9.69 Å².